The third-order valence-electron chi connectivity index (χ3n) is 2.66. The van der Waals surface area contributed by atoms with Gasteiger partial charge in [0, 0.05) is 12.6 Å². The van der Waals surface area contributed by atoms with E-state index in [4.69, 9.17) is 0 Å². The zero-order valence-electron chi connectivity index (χ0n) is 8.54. The average molecular weight is 211 g/mol. The predicted octanol–water partition coefficient (Wildman–Crippen LogP) is -0.454. The van der Waals surface area contributed by atoms with Crippen LogP contribution in [0, 0.1) is 0 Å². The normalized spacial score (nSPS) is 17.2. The summed E-state index contributed by atoms with van der Waals surface area (Å²) in [6, 6.07) is 11.5. The van der Waals surface area contributed by atoms with E-state index in [0.717, 1.165) is 12.6 Å². The van der Waals surface area contributed by atoms with Crippen molar-refractivity contribution in [3.63, 3.8) is 0 Å². The molecule has 1 atom stereocenters. The minimum Gasteiger partial charge on any atom is -1.00 e. The molecule has 0 aliphatic heterocycles. The van der Waals surface area contributed by atoms with Gasteiger partial charge in [0.15, 0.2) is 0 Å². The third kappa shape index (κ3) is 3.32. The molecule has 0 spiro atoms. The van der Waals surface area contributed by atoms with Crippen molar-refractivity contribution < 1.29 is 12.4 Å². The fourth-order valence-corrected chi connectivity index (χ4v) is 1.53. The highest BCUT2D eigenvalue weighted by molar-refractivity contribution is 5.19. The quantitative estimate of drug-likeness (QED) is 0.710. The first kappa shape index (κ1) is 11.5. The molecule has 1 nitrogen and oxygen atoms in total. The van der Waals surface area contributed by atoms with Crippen LogP contribution in [0.3, 0.4) is 0 Å². The van der Waals surface area contributed by atoms with Gasteiger partial charge in [0.1, 0.15) is 0 Å². The van der Waals surface area contributed by atoms with Crippen LogP contribution in [-0.4, -0.2) is 12.6 Å². The molecule has 0 saturated heterocycles. The summed E-state index contributed by atoms with van der Waals surface area (Å²) < 4.78 is 0. The zero-order valence-corrected chi connectivity index (χ0v) is 9.30. The number of benzene rings is 1. The molecule has 1 unspecified atom stereocenters. The van der Waals surface area contributed by atoms with Crippen LogP contribution in [0.1, 0.15) is 31.2 Å². The molecule has 2 rings (SSSR count). The molecule has 1 aliphatic rings. The molecule has 0 amide bonds. The molecule has 0 aromatic heterocycles. The van der Waals surface area contributed by atoms with Crippen LogP contribution >= 0.6 is 0 Å². The first-order valence-electron chi connectivity index (χ1n) is 5.14. The van der Waals surface area contributed by atoms with Gasteiger partial charge in [-0.25, -0.2) is 0 Å². The Kier molecular flexibility index (Phi) is 4.43. The van der Waals surface area contributed by atoms with E-state index >= 15 is 0 Å². The van der Waals surface area contributed by atoms with E-state index in [0.29, 0.717) is 5.92 Å². The lowest BCUT2D eigenvalue weighted by atomic mass is 10.0. The Bertz CT molecular complexity index is 256. The Balaban J connectivity index is 0.000000980. The fraction of sp³-hybridized carbons (Fsp3) is 0.500. The lowest BCUT2D eigenvalue weighted by Gasteiger charge is -2.12. The number of hydrogen-bond acceptors (Lipinski definition) is 1. The number of rotatable bonds is 4. The summed E-state index contributed by atoms with van der Waals surface area (Å²) in [5.74, 6) is 0.641. The van der Waals surface area contributed by atoms with Crippen LogP contribution in [0.15, 0.2) is 30.3 Å². The van der Waals surface area contributed by atoms with E-state index < -0.39 is 0 Å². The van der Waals surface area contributed by atoms with Crippen molar-refractivity contribution >= 4 is 0 Å². The summed E-state index contributed by atoms with van der Waals surface area (Å²) in [5, 5.41) is 3.55. The minimum atomic E-state index is 0. The highest BCUT2D eigenvalue weighted by Crippen LogP contribution is 2.20. The maximum Gasteiger partial charge on any atom is 0.00684 e. The second kappa shape index (κ2) is 5.38. The van der Waals surface area contributed by atoms with Crippen molar-refractivity contribution in [2.45, 2.75) is 31.7 Å². The molecule has 14 heavy (non-hydrogen) atoms. The molecular weight excluding hydrogens is 194 g/mol. The maximum absolute atomic E-state index is 3.55. The molecule has 2 heteroatoms. The SMILES string of the molecule is CC(CNC1CC1)c1ccccc1.[Cl-]. The van der Waals surface area contributed by atoms with Gasteiger partial charge >= 0.3 is 0 Å². The van der Waals surface area contributed by atoms with Crippen molar-refractivity contribution in [3.8, 4) is 0 Å². The number of hydrogen-bond donors (Lipinski definition) is 1. The lowest BCUT2D eigenvalue weighted by Crippen LogP contribution is -3.00. The largest absolute Gasteiger partial charge is 1.00 e. The second-order valence-electron chi connectivity index (χ2n) is 3.99. The Hall–Kier alpha value is -0.530. The third-order valence-corrected chi connectivity index (χ3v) is 2.66. The number of nitrogens with one attached hydrogen (secondary N) is 1. The fourth-order valence-electron chi connectivity index (χ4n) is 1.53. The summed E-state index contributed by atoms with van der Waals surface area (Å²) in [6.45, 7) is 3.40. The standard InChI is InChI=1S/C12H17N.ClH/c1-10(9-13-12-7-8-12)11-5-3-2-4-6-11;/h2-6,10,12-13H,7-9H2,1H3;1H/p-1. The molecule has 1 fully saturated rings. The monoisotopic (exact) mass is 210 g/mol. The molecule has 0 bridgehead atoms. The summed E-state index contributed by atoms with van der Waals surface area (Å²) >= 11 is 0. The summed E-state index contributed by atoms with van der Waals surface area (Å²) in [6.07, 6.45) is 2.75. The van der Waals surface area contributed by atoms with Gasteiger partial charge in [0.05, 0.1) is 0 Å². The Morgan fingerprint density at radius 2 is 1.93 bits per heavy atom. The van der Waals surface area contributed by atoms with Gasteiger partial charge in [0.2, 0.25) is 0 Å². The molecule has 1 aromatic carbocycles. The molecule has 1 saturated carbocycles. The van der Waals surface area contributed by atoms with Gasteiger partial charge in [-0.05, 0) is 24.3 Å². The predicted molar refractivity (Wildman–Crippen MR) is 55.9 cm³/mol. The van der Waals surface area contributed by atoms with Crippen LogP contribution in [0.2, 0.25) is 0 Å². The summed E-state index contributed by atoms with van der Waals surface area (Å²) in [7, 11) is 0. The summed E-state index contributed by atoms with van der Waals surface area (Å²) in [5.41, 5.74) is 1.44. The minimum absolute atomic E-state index is 0. The average Bonchev–Trinajstić information content (AvgIpc) is 2.99. The van der Waals surface area contributed by atoms with Gasteiger partial charge < -0.3 is 17.7 Å². The lowest BCUT2D eigenvalue weighted by molar-refractivity contribution is -0.00000277. The topological polar surface area (TPSA) is 12.0 Å². The highest BCUT2D eigenvalue weighted by atomic mass is 35.5. The highest BCUT2D eigenvalue weighted by Gasteiger charge is 2.20. The van der Waals surface area contributed by atoms with Crippen molar-refractivity contribution in [2.24, 2.45) is 0 Å². The van der Waals surface area contributed by atoms with E-state index in [9.17, 15) is 0 Å². The smallest absolute Gasteiger partial charge is 0.00684 e. The molecule has 1 N–H and O–H groups in total. The van der Waals surface area contributed by atoms with E-state index in [-0.39, 0.29) is 12.4 Å². The van der Waals surface area contributed by atoms with E-state index in [1.807, 2.05) is 0 Å². The van der Waals surface area contributed by atoms with Crippen LogP contribution in [-0.2, 0) is 0 Å². The van der Waals surface area contributed by atoms with Crippen LogP contribution in [0.5, 0.6) is 0 Å². The van der Waals surface area contributed by atoms with Crippen molar-refractivity contribution in [3.05, 3.63) is 35.9 Å². The molecule has 0 heterocycles. The van der Waals surface area contributed by atoms with Gasteiger partial charge in [-0.3, -0.25) is 0 Å². The van der Waals surface area contributed by atoms with Gasteiger partial charge in [-0.2, -0.15) is 0 Å². The molecule has 1 aliphatic carbocycles. The first-order valence-corrected chi connectivity index (χ1v) is 5.14. The van der Waals surface area contributed by atoms with Crippen molar-refractivity contribution in [2.75, 3.05) is 6.54 Å². The van der Waals surface area contributed by atoms with Gasteiger partial charge in [0.25, 0.3) is 0 Å². The first-order chi connectivity index (χ1) is 6.36. The van der Waals surface area contributed by atoms with Gasteiger partial charge in [-0.15, -0.1) is 0 Å². The Morgan fingerprint density at radius 3 is 2.50 bits per heavy atom. The van der Waals surface area contributed by atoms with E-state index in [1.165, 1.54) is 18.4 Å². The summed E-state index contributed by atoms with van der Waals surface area (Å²) in [4.78, 5) is 0. The second-order valence-corrected chi connectivity index (χ2v) is 3.99. The molecule has 0 radical (unpaired) electrons. The Morgan fingerprint density at radius 1 is 1.29 bits per heavy atom. The van der Waals surface area contributed by atoms with Crippen molar-refractivity contribution in [1.29, 1.82) is 0 Å². The molecule has 78 valence electrons. The van der Waals surface area contributed by atoms with Crippen LogP contribution in [0.25, 0.3) is 0 Å². The molecule has 1 aromatic rings. The van der Waals surface area contributed by atoms with Crippen LogP contribution < -0.4 is 17.7 Å². The van der Waals surface area contributed by atoms with E-state index in [2.05, 4.69) is 42.6 Å². The van der Waals surface area contributed by atoms with Crippen molar-refractivity contribution in [1.82, 2.24) is 5.32 Å². The molecular formula is C12H17ClN-. The zero-order chi connectivity index (χ0) is 9.10. The van der Waals surface area contributed by atoms with Gasteiger partial charge in [-0.1, -0.05) is 37.3 Å². The number of halogens is 1. The Labute approximate surface area is 92.3 Å². The maximum atomic E-state index is 3.55. The van der Waals surface area contributed by atoms with Crippen LogP contribution in [0.4, 0.5) is 0 Å². The van der Waals surface area contributed by atoms with E-state index in [1.54, 1.807) is 0 Å².